The van der Waals surface area contributed by atoms with Crippen LogP contribution < -0.4 is 10.6 Å². The Labute approximate surface area is 144 Å². The van der Waals surface area contributed by atoms with Gasteiger partial charge in [0.1, 0.15) is 6.54 Å². The van der Waals surface area contributed by atoms with Gasteiger partial charge < -0.3 is 20.1 Å². The van der Waals surface area contributed by atoms with Crippen molar-refractivity contribution in [1.29, 1.82) is 0 Å². The number of carbonyl (C=O) groups is 1. The van der Waals surface area contributed by atoms with Gasteiger partial charge in [0.15, 0.2) is 11.7 Å². The highest BCUT2D eigenvalue weighted by Crippen LogP contribution is 2.22. The molecule has 0 aliphatic carbocycles. The fourth-order valence-corrected chi connectivity index (χ4v) is 2.31. The Morgan fingerprint density at radius 2 is 2.00 bits per heavy atom. The monoisotopic (exact) mass is 337 g/mol. The predicted octanol–water partition coefficient (Wildman–Crippen LogP) is 2.11. The number of amides is 1. The van der Waals surface area contributed by atoms with Crippen LogP contribution in [0.15, 0.2) is 15.6 Å². The molecule has 7 nitrogen and oxygen atoms in total. The molecule has 2 N–H and O–H groups in total. The molecule has 1 amide bonds. The summed E-state index contributed by atoms with van der Waals surface area (Å²) in [5.41, 5.74) is 1.000. The van der Waals surface area contributed by atoms with Crippen LogP contribution in [0.4, 0.5) is 0 Å². The minimum Gasteiger partial charge on any atom is -0.359 e. The van der Waals surface area contributed by atoms with E-state index in [4.69, 9.17) is 4.52 Å². The van der Waals surface area contributed by atoms with Crippen molar-refractivity contribution in [2.75, 3.05) is 27.2 Å². The molecule has 0 atom stereocenters. The van der Waals surface area contributed by atoms with Crippen molar-refractivity contribution in [3.05, 3.63) is 17.5 Å². The standard InChI is InChI=1S/C17H31N5O2/c1-6-13(7-2)15-11-14(24-21-15)12-20-17(18-8-3)19-10-9-16(23)22(4)5/h11,13H,6-10,12H2,1-5H3,(H2,18,19,20). The Bertz CT molecular complexity index is 521. The van der Waals surface area contributed by atoms with E-state index in [0.717, 1.165) is 30.8 Å². The second kappa shape index (κ2) is 10.7. The first kappa shape index (κ1) is 20.0. The lowest BCUT2D eigenvalue weighted by molar-refractivity contribution is -0.128. The molecule has 0 bridgehead atoms. The van der Waals surface area contributed by atoms with Crippen LogP contribution >= 0.6 is 0 Å². The van der Waals surface area contributed by atoms with Crippen molar-refractivity contribution < 1.29 is 9.32 Å². The lowest BCUT2D eigenvalue weighted by Crippen LogP contribution is -2.39. The third-order valence-corrected chi connectivity index (χ3v) is 3.85. The van der Waals surface area contributed by atoms with Gasteiger partial charge in [-0.25, -0.2) is 4.99 Å². The lowest BCUT2D eigenvalue weighted by atomic mass is 9.99. The number of hydrogen-bond donors (Lipinski definition) is 2. The molecule has 0 aliphatic heterocycles. The second-order valence-corrected chi connectivity index (χ2v) is 5.89. The van der Waals surface area contributed by atoms with Gasteiger partial charge in [-0.3, -0.25) is 4.79 Å². The summed E-state index contributed by atoms with van der Waals surface area (Å²) in [5.74, 6) is 1.95. The summed E-state index contributed by atoms with van der Waals surface area (Å²) < 4.78 is 5.38. The number of guanidine groups is 1. The smallest absolute Gasteiger partial charge is 0.223 e. The highest BCUT2D eigenvalue weighted by molar-refractivity contribution is 5.81. The molecule has 0 fully saturated rings. The largest absolute Gasteiger partial charge is 0.359 e. The molecule has 24 heavy (non-hydrogen) atoms. The molecular formula is C17H31N5O2. The van der Waals surface area contributed by atoms with E-state index >= 15 is 0 Å². The van der Waals surface area contributed by atoms with Gasteiger partial charge in [-0.1, -0.05) is 19.0 Å². The SMILES string of the molecule is CCNC(=NCc1cc(C(CC)CC)no1)NCCC(=O)N(C)C. The first-order valence-electron chi connectivity index (χ1n) is 8.69. The Morgan fingerprint density at radius 1 is 1.29 bits per heavy atom. The Kier molecular flexibility index (Phi) is 8.89. The number of nitrogens with one attached hydrogen (secondary N) is 2. The third kappa shape index (κ3) is 6.60. The molecule has 0 spiro atoms. The maximum absolute atomic E-state index is 11.6. The number of nitrogens with zero attached hydrogens (tertiary/aromatic N) is 3. The van der Waals surface area contributed by atoms with Gasteiger partial charge in [-0.2, -0.15) is 0 Å². The van der Waals surface area contributed by atoms with Gasteiger partial charge in [0.2, 0.25) is 5.91 Å². The van der Waals surface area contributed by atoms with E-state index in [2.05, 4.69) is 34.6 Å². The second-order valence-electron chi connectivity index (χ2n) is 5.89. The maximum Gasteiger partial charge on any atom is 0.223 e. The van der Waals surface area contributed by atoms with Crippen LogP contribution in [0, 0.1) is 0 Å². The van der Waals surface area contributed by atoms with E-state index in [1.165, 1.54) is 0 Å². The fraction of sp³-hybridized carbons (Fsp3) is 0.706. The summed E-state index contributed by atoms with van der Waals surface area (Å²) in [6.45, 7) is 8.03. The topological polar surface area (TPSA) is 82.8 Å². The van der Waals surface area contributed by atoms with Crippen molar-refractivity contribution in [3.8, 4) is 0 Å². The van der Waals surface area contributed by atoms with Crippen LogP contribution in [-0.4, -0.2) is 49.1 Å². The van der Waals surface area contributed by atoms with Crippen LogP contribution in [0.1, 0.15) is 57.4 Å². The highest BCUT2D eigenvalue weighted by atomic mass is 16.5. The van der Waals surface area contributed by atoms with E-state index in [-0.39, 0.29) is 5.91 Å². The first-order chi connectivity index (χ1) is 11.5. The van der Waals surface area contributed by atoms with Crippen LogP contribution in [0.2, 0.25) is 0 Å². The number of hydrogen-bond acceptors (Lipinski definition) is 4. The van der Waals surface area contributed by atoms with E-state index in [1.807, 2.05) is 13.0 Å². The minimum absolute atomic E-state index is 0.0865. The average Bonchev–Trinajstić information content (AvgIpc) is 3.02. The summed E-state index contributed by atoms with van der Waals surface area (Å²) in [5, 5.41) is 10.5. The number of aromatic nitrogens is 1. The van der Waals surface area contributed by atoms with E-state index in [1.54, 1.807) is 19.0 Å². The molecular weight excluding hydrogens is 306 g/mol. The highest BCUT2D eigenvalue weighted by Gasteiger charge is 2.12. The van der Waals surface area contributed by atoms with Crippen molar-refractivity contribution in [3.63, 3.8) is 0 Å². The quantitative estimate of drug-likeness (QED) is 0.533. The third-order valence-electron chi connectivity index (χ3n) is 3.85. The van der Waals surface area contributed by atoms with E-state index in [9.17, 15) is 4.79 Å². The van der Waals surface area contributed by atoms with Crippen LogP contribution in [-0.2, 0) is 11.3 Å². The molecule has 0 unspecified atom stereocenters. The summed E-state index contributed by atoms with van der Waals surface area (Å²) >= 11 is 0. The molecule has 0 saturated heterocycles. The molecule has 0 aliphatic rings. The molecule has 0 saturated carbocycles. The van der Waals surface area contributed by atoms with Crippen LogP contribution in [0.5, 0.6) is 0 Å². The molecule has 1 rings (SSSR count). The van der Waals surface area contributed by atoms with Crippen LogP contribution in [0.3, 0.4) is 0 Å². The fourth-order valence-electron chi connectivity index (χ4n) is 2.31. The Balaban J connectivity index is 2.57. The van der Waals surface area contributed by atoms with Gasteiger partial charge in [-0.05, 0) is 19.8 Å². The molecule has 1 aromatic rings. The zero-order valence-corrected chi connectivity index (χ0v) is 15.6. The Morgan fingerprint density at radius 3 is 2.58 bits per heavy atom. The van der Waals surface area contributed by atoms with Gasteiger partial charge in [0.05, 0.1) is 5.69 Å². The number of rotatable bonds is 9. The number of carbonyl (C=O) groups excluding carboxylic acids is 1. The number of aliphatic imine (C=N–C) groups is 1. The first-order valence-corrected chi connectivity index (χ1v) is 8.69. The van der Waals surface area contributed by atoms with Crippen LogP contribution in [0.25, 0.3) is 0 Å². The summed E-state index contributed by atoms with van der Waals surface area (Å²) in [6.07, 6.45) is 2.53. The van der Waals surface area contributed by atoms with Crippen molar-refractivity contribution in [2.45, 2.75) is 52.5 Å². The molecule has 136 valence electrons. The van der Waals surface area contributed by atoms with Gasteiger partial charge >= 0.3 is 0 Å². The van der Waals surface area contributed by atoms with E-state index < -0.39 is 0 Å². The van der Waals surface area contributed by atoms with Gasteiger partial charge in [0, 0.05) is 45.6 Å². The van der Waals surface area contributed by atoms with E-state index in [0.29, 0.717) is 31.4 Å². The van der Waals surface area contributed by atoms with Crippen molar-refractivity contribution in [1.82, 2.24) is 20.7 Å². The zero-order chi connectivity index (χ0) is 17.9. The van der Waals surface area contributed by atoms with Crippen molar-refractivity contribution >= 4 is 11.9 Å². The predicted molar refractivity (Wildman–Crippen MR) is 96.0 cm³/mol. The molecule has 7 heteroatoms. The Hall–Kier alpha value is -2.05. The molecule has 0 radical (unpaired) electrons. The van der Waals surface area contributed by atoms with Gasteiger partial charge in [0.25, 0.3) is 0 Å². The molecule has 0 aromatic carbocycles. The maximum atomic E-state index is 11.6. The van der Waals surface area contributed by atoms with Gasteiger partial charge in [-0.15, -0.1) is 0 Å². The minimum atomic E-state index is 0.0865. The molecule has 1 aromatic heterocycles. The summed E-state index contributed by atoms with van der Waals surface area (Å²) in [4.78, 5) is 17.7. The average molecular weight is 337 g/mol. The summed E-state index contributed by atoms with van der Waals surface area (Å²) in [7, 11) is 3.51. The van der Waals surface area contributed by atoms with Crippen molar-refractivity contribution in [2.24, 2.45) is 4.99 Å². The molecule has 1 heterocycles. The lowest BCUT2D eigenvalue weighted by Gasteiger charge is -2.13. The zero-order valence-electron chi connectivity index (χ0n) is 15.6. The summed E-state index contributed by atoms with van der Waals surface area (Å²) in [6, 6.07) is 1.99. The normalized spacial score (nSPS) is 11.7.